The van der Waals surface area contributed by atoms with Crippen molar-refractivity contribution in [3.05, 3.63) is 47.0 Å². The van der Waals surface area contributed by atoms with Gasteiger partial charge >= 0.3 is 5.97 Å². The Morgan fingerprint density at radius 1 is 1.47 bits per heavy atom. The second-order valence-corrected chi connectivity index (χ2v) is 4.01. The topological polar surface area (TPSA) is 81.6 Å². The van der Waals surface area contributed by atoms with Gasteiger partial charge in [0.2, 0.25) is 0 Å². The van der Waals surface area contributed by atoms with Gasteiger partial charge in [0.05, 0.1) is 13.2 Å². The van der Waals surface area contributed by atoms with Crippen molar-refractivity contribution in [2.45, 2.75) is 20.4 Å². The quantitative estimate of drug-likeness (QED) is 0.363. The first-order valence-corrected chi connectivity index (χ1v) is 5.85. The van der Waals surface area contributed by atoms with Crippen LogP contribution in [0, 0.1) is 5.82 Å². The van der Waals surface area contributed by atoms with Gasteiger partial charge < -0.3 is 10.5 Å². The maximum atomic E-state index is 13.1. The van der Waals surface area contributed by atoms with Crippen molar-refractivity contribution in [3.63, 3.8) is 0 Å². The van der Waals surface area contributed by atoms with E-state index in [1.165, 1.54) is 12.1 Å². The van der Waals surface area contributed by atoms with E-state index in [0.29, 0.717) is 5.56 Å². The van der Waals surface area contributed by atoms with Crippen LogP contribution in [0.15, 0.2) is 35.7 Å². The number of carbonyl (C=O) groups excluding carboxylic acids is 1. The predicted octanol–water partition coefficient (Wildman–Crippen LogP) is 1.25. The number of nitrogens with zero attached hydrogens (tertiary/aromatic N) is 1. The van der Waals surface area contributed by atoms with Gasteiger partial charge in [0.25, 0.3) is 0 Å². The number of hydrogen-bond acceptors (Lipinski definition) is 5. The van der Waals surface area contributed by atoms with E-state index in [9.17, 15) is 9.18 Å². The largest absolute Gasteiger partial charge is 0.461 e. The van der Waals surface area contributed by atoms with Crippen LogP contribution in [-0.2, 0) is 16.1 Å². The number of nitrogens with two attached hydrogens (primary N) is 2. The molecule has 1 aromatic rings. The molecule has 0 aromatic heterocycles. The minimum Gasteiger partial charge on any atom is -0.461 e. The molecule has 0 atom stereocenters. The van der Waals surface area contributed by atoms with E-state index in [1.807, 2.05) is 0 Å². The number of allylic oxidation sites excluding steroid dienone is 1. The van der Waals surface area contributed by atoms with Gasteiger partial charge in [-0.2, -0.15) is 0 Å². The first-order valence-electron chi connectivity index (χ1n) is 5.85. The highest BCUT2D eigenvalue weighted by molar-refractivity contribution is 5.88. The number of halogens is 1. The Morgan fingerprint density at radius 2 is 2.16 bits per heavy atom. The summed E-state index contributed by atoms with van der Waals surface area (Å²) in [6.07, 6.45) is 0. The van der Waals surface area contributed by atoms with Crippen LogP contribution < -0.4 is 11.6 Å². The molecule has 0 spiro atoms. The lowest BCUT2D eigenvalue weighted by molar-refractivity contribution is -0.140. The molecule has 0 aliphatic rings. The third-order valence-corrected chi connectivity index (χ3v) is 2.37. The molecule has 1 rings (SSSR count). The lowest BCUT2D eigenvalue weighted by Gasteiger charge is -2.21. The molecule has 0 bridgehead atoms. The predicted molar refractivity (Wildman–Crippen MR) is 69.7 cm³/mol. The summed E-state index contributed by atoms with van der Waals surface area (Å²) in [4.78, 5) is 11.7. The highest BCUT2D eigenvalue weighted by Gasteiger charge is 2.18. The molecule has 0 fully saturated rings. The molecule has 5 nitrogen and oxygen atoms in total. The Hall–Kier alpha value is -2.08. The van der Waals surface area contributed by atoms with E-state index in [-0.39, 0.29) is 30.4 Å². The van der Waals surface area contributed by atoms with Crippen molar-refractivity contribution in [3.8, 4) is 0 Å². The van der Waals surface area contributed by atoms with E-state index < -0.39 is 5.97 Å². The van der Waals surface area contributed by atoms with Crippen LogP contribution in [0.25, 0.3) is 0 Å². The van der Waals surface area contributed by atoms with E-state index >= 15 is 0 Å². The number of ether oxygens (including phenoxy) is 1. The summed E-state index contributed by atoms with van der Waals surface area (Å²) in [5, 5.41) is 1.15. The SMILES string of the molecule is CCOC(=O)/C(=C(\C)N)N(N)Cc1cccc(F)c1. The van der Waals surface area contributed by atoms with Crippen molar-refractivity contribution < 1.29 is 13.9 Å². The molecule has 6 heteroatoms. The lowest BCUT2D eigenvalue weighted by Crippen LogP contribution is -2.36. The number of hydrazine groups is 1. The summed E-state index contributed by atoms with van der Waals surface area (Å²) >= 11 is 0. The Morgan fingerprint density at radius 3 is 2.68 bits per heavy atom. The van der Waals surface area contributed by atoms with Crippen LogP contribution >= 0.6 is 0 Å². The van der Waals surface area contributed by atoms with Gasteiger partial charge in [0.15, 0.2) is 5.70 Å². The molecule has 0 aliphatic carbocycles. The van der Waals surface area contributed by atoms with Gasteiger partial charge in [0.1, 0.15) is 5.82 Å². The summed E-state index contributed by atoms with van der Waals surface area (Å²) in [6, 6.07) is 5.95. The average Bonchev–Trinajstić information content (AvgIpc) is 2.28. The van der Waals surface area contributed by atoms with Gasteiger partial charge in [-0.05, 0) is 31.5 Å². The van der Waals surface area contributed by atoms with Gasteiger partial charge in [0, 0.05) is 5.70 Å². The van der Waals surface area contributed by atoms with Crippen molar-refractivity contribution in [2.24, 2.45) is 11.6 Å². The molecular formula is C13H18FN3O2. The molecule has 0 saturated carbocycles. The van der Waals surface area contributed by atoms with Crippen LogP contribution in [0.4, 0.5) is 4.39 Å². The van der Waals surface area contributed by atoms with Gasteiger partial charge in [-0.25, -0.2) is 15.0 Å². The summed E-state index contributed by atoms with van der Waals surface area (Å²) in [5.41, 5.74) is 6.59. The molecule has 19 heavy (non-hydrogen) atoms. The highest BCUT2D eigenvalue weighted by Crippen LogP contribution is 2.12. The normalized spacial score (nSPS) is 11.8. The molecule has 0 radical (unpaired) electrons. The average molecular weight is 267 g/mol. The maximum Gasteiger partial charge on any atom is 0.357 e. The standard InChI is InChI=1S/C13H18FN3O2/c1-3-19-13(18)12(9(2)15)17(16)8-10-5-4-6-11(14)7-10/h4-7H,3,8,15-16H2,1-2H3/b12-9-. The Labute approximate surface area is 111 Å². The van der Waals surface area contributed by atoms with Crippen molar-refractivity contribution >= 4 is 5.97 Å². The molecule has 0 saturated heterocycles. The van der Waals surface area contributed by atoms with E-state index in [1.54, 1.807) is 26.0 Å². The Kier molecular flexibility index (Phi) is 5.32. The molecule has 104 valence electrons. The van der Waals surface area contributed by atoms with Crippen molar-refractivity contribution in [2.75, 3.05) is 6.61 Å². The third-order valence-electron chi connectivity index (χ3n) is 2.37. The van der Waals surface area contributed by atoms with Crippen molar-refractivity contribution in [1.29, 1.82) is 0 Å². The summed E-state index contributed by atoms with van der Waals surface area (Å²) in [5.74, 6) is 4.84. The minimum absolute atomic E-state index is 0.0751. The van der Waals surface area contributed by atoms with Crippen LogP contribution in [0.2, 0.25) is 0 Å². The van der Waals surface area contributed by atoms with Gasteiger partial charge in [-0.1, -0.05) is 12.1 Å². The van der Waals surface area contributed by atoms with Crippen LogP contribution in [-0.4, -0.2) is 17.6 Å². The zero-order valence-corrected chi connectivity index (χ0v) is 11.0. The van der Waals surface area contributed by atoms with E-state index in [4.69, 9.17) is 16.3 Å². The summed E-state index contributed by atoms with van der Waals surface area (Å²) in [7, 11) is 0. The molecule has 0 amide bonds. The van der Waals surface area contributed by atoms with Crippen LogP contribution in [0.5, 0.6) is 0 Å². The monoisotopic (exact) mass is 267 g/mol. The fourth-order valence-corrected chi connectivity index (χ4v) is 1.62. The number of hydrogen-bond donors (Lipinski definition) is 2. The highest BCUT2D eigenvalue weighted by atomic mass is 19.1. The van der Waals surface area contributed by atoms with Gasteiger partial charge in [-0.3, -0.25) is 5.01 Å². The molecule has 1 aromatic carbocycles. The zero-order chi connectivity index (χ0) is 14.4. The molecule has 4 N–H and O–H groups in total. The molecule has 0 aliphatic heterocycles. The fourth-order valence-electron chi connectivity index (χ4n) is 1.62. The Balaban J connectivity index is 2.88. The second-order valence-electron chi connectivity index (χ2n) is 4.01. The first kappa shape index (κ1) is 15.0. The third kappa shape index (κ3) is 4.26. The van der Waals surface area contributed by atoms with Crippen LogP contribution in [0.3, 0.4) is 0 Å². The lowest BCUT2D eigenvalue weighted by atomic mass is 10.2. The zero-order valence-electron chi connectivity index (χ0n) is 11.0. The number of rotatable bonds is 5. The minimum atomic E-state index is -0.596. The second kappa shape index (κ2) is 6.75. The molecule has 0 heterocycles. The number of esters is 1. The molecular weight excluding hydrogens is 249 g/mol. The van der Waals surface area contributed by atoms with Crippen molar-refractivity contribution in [1.82, 2.24) is 5.01 Å². The number of benzene rings is 1. The van der Waals surface area contributed by atoms with E-state index in [0.717, 1.165) is 5.01 Å². The van der Waals surface area contributed by atoms with Gasteiger partial charge in [-0.15, -0.1) is 0 Å². The smallest absolute Gasteiger partial charge is 0.357 e. The maximum absolute atomic E-state index is 13.1. The summed E-state index contributed by atoms with van der Waals surface area (Å²) in [6.45, 7) is 3.62. The van der Waals surface area contributed by atoms with E-state index in [2.05, 4.69) is 0 Å². The fraction of sp³-hybridized carbons (Fsp3) is 0.308. The molecule has 0 unspecified atom stereocenters. The van der Waals surface area contributed by atoms with Crippen LogP contribution in [0.1, 0.15) is 19.4 Å². The first-order chi connectivity index (χ1) is 8.95. The number of carbonyl (C=O) groups is 1. The Bertz CT molecular complexity index is 485. The summed E-state index contributed by atoms with van der Waals surface area (Å²) < 4.78 is 17.9.